The van der Waals surface area contributed by atoms with Crippen LogP contribution in [0.3, 0.4) is 0 Å². The number of aryl methyl sites for hydroxylation is 2. The van der Waals surface area contributed by atoms with Crippen LogP contribution in [0.15, 0.2) is 21.7 Å². The van der Waals surface area contributed by atoms with Crippen molar-refractivity contribution in [2.45, 2.75) is 33.4 Å². The molecule has 0 aromatic heterocycles. The molecule has 0 fully saturated rings. The predicted octanol–water partition coefficient (Wildman–Crippen LogP) is -0.154. The van der Waals surface area contributed by atoms with Crippen LogP contribution in [0.2, 0.25) is 0 Å². The van der Waals surface area contributed by atoms with Crippen molar-refractivity contribution in [2.24, 2.45) is 11.5 Å². The van der Waals surface area contributed by atoms with Gasteiger partial charge in [-0.3, -0.25) is 9.36 Å². The summed E-state index contributed by atoms with van der Waals surface area (Å²) < 4.78 is 2.84. The molecule has 3 rings (SSSR count). The van der Waals surface area contributed by atoms with Crippen LogP contribution in [-0.2, 0) is 19.5 Å². The van der Waals surface area contributed by atoms with Crippen LogP contribution in [-0.4, -0.2) is 32.2 Å². The van der Waals surface area contributed by atoms with Crippen molar-refractivity contribution in [1.29, 1.82) is 0 Å². The van der Waals surface area contributed by atoms with Gasteiger partial charge in [-0.15, -0.1) is 0 Å². The van der Waals surface area contributed by atoms with Gasteiger partial charge in [0.2, 0.25) is 0 Å². The first-order chi connectivity index (χ1) is 12.0. The largest absolute Gasteiger partial charge is 0.352 e. The van der Waals surface area contributed by atoms with E-state index < -0.39 is 11.2 Å². The highest BCUT2D eigenvalue weighted by Gasteiger charge is 2.21. The monoisotopic (exact) mass is 342 g/mol. The highest BCUT2D eigenvalue weighted by Crippen LogP contribution is 2.24. The molecule has 8 heteroatoms. The number of rotatable bonds is 5. The lowest BCUT2D eigenvalue weighted by Crippen LogP contribution is -2.40. The Balaban J connectivity index is 2.48. The minimum absolute atomic E-state index is 0.116. The van der Waals surface area contributed by atoms with Crippen molar-refractivity contribution in [3.05, 3.63) is 44.1 Å². The third-order valence-corrected chi connectivity index (χ3v) is 4.39. The van der Waals surface area contributed by atoms with Gasteiger partial charge in [-0.1, -0.05) is 6.92 Å². The fourth-order valence-corrected chi connectivity index (χ4v) is 3.13. The molecule has 2 aliphatic rings. The van der Waals surface area contributed by atoms with Gasteiger partial charge in [0.1, 0.15) is 0 Å². The number of hydrogen-bond acceptors (Lipinski definition) is 6. The minimum atomic E-state index is -0.613. The molecule has 1 aromatic rings. The van der Waals surface area contributed by atoms with Crippen LogP contribution < -0.4 is 22.7 Å². The zero-order valence-electron chi connectivity index (χ0n) is 14.5. The Bertz CT molecular complexity index is 1020. The van der Waals surface area contributed by atoms with Gasteiger partial charge in [0, 0.05) is 26.2 Å². The molecule has 8 nitrogen and oxygen atoms in total. The van der Waals surface area contributed by atoms with E-state index in [1.807, 2.05) is 23.6 Å². The van der Waals surface area contributed by atoms with Crippen molar-refractivity contribution in [3.8, 4) is 11.5 Å². The topological polar surface area (TPSA) is 122 Å². The molecule has 0 amide bonds. The van der Waals surface area contributed by atoms with Crippen LogP contribution in [0, 0.1) is 6.92 Å². The zero-order valence-corrected chi connectivity index (χ0v) is 14.5. The summed E-state index contributed by atoms with van der Waals surface area (Å²) in [5.74, 6) is 0.270. The molecule has 4 N–H and O–H groups in total. The molecule has 132 valence electrons. The second-order valence-corrected chi connectivity index (χ2v) is 5.99. The number of fused-ring (bicyclic) bond motifs is 2. The summed E-state index contributed by atoms with van der Waals surface area (Å²) in [6, 6.07) is 3.99. The van der Waals surface area contributed by atoms with Crippen LogP contribution in [0.1, 0.15) is 18.1 Å². The summed E-state index contributed by atoms with van der Waals surface area (Å²) in [6.45, 7) is 5.19. The predicted molar refractivity (Wildman–Crippen MR) is 96.9 cm³/mol. The van der Waals surface area contributed by atoms with Crippen LogP contribution in [0.5, 0.6) is 0 Å². The Kier molecular flexibility index (Phi) is 4.65. The first kappa shape index (κ1) is 17.2. The fraction of sp³-hybridized carbons (Fsp3) is 0.412. The maximum absolute atomic E-state index is 12.7. The molecule has 0 bridgehead atoms. The quantitative estimate of drug-likeness (QED) is 0.622. The summed E-state index contributed by atoms with van der Waals surface area (Å²) in [5.41, 5.74) is 14.1. The molecular formula is C17H22N6O2. The second-order valence-electron chi connectivity index (χ2n) is 5.99. The number of nitrogens with two attached hydrogens (primary N) is 2. The molecule has 0 spiro atoms. The summed E-state index contributed by atoms with van der Waals surface area (Å²) in [4.78, 5) is 33.5. The van der Waals surface area contributed by atoms with E-state index in [0.29, 0.717) is 18.6 Å². The highest BCUT2D eigenvalue weighted by atomic mass is 16.2. The fourth-order valence-electron chi connectivity index (χ4n) is 3.13. The van der Waals surface area contributed by atoms with E-state index in [0.717, 1.165) is 22.1 Å². The normalized spacial score (nSPS) is 11.5. The molecule has 0 saturated heterocycles. The molecule has 0 aliphatic carbocycles. The van der Waals surface area contributed by atoms with E-state index in [4.69, 9.17) is 11.5 Å². The summed E-state index contributed by atoms with van der Waals surface area (Å²) in [6.07, 6.45) is 0.876. The van der Waals surface area contributed by atoms with Gasteiger partial charge >= 0.3 is 5.69 Å². The van der Waals surface area contributed by atoms with E-state index in [-0.39, 0.29) is 24.6 Å². The average molecular weight is 342 g/mol. The molecule has 0 atom stereocenters. The molecule has 1 aromatic carbocycles. The molecule has 0 saturated carbocycles. The van der Waals surface area contributed by atoms with Gasteiger partial charge < -0.3 is 16.0 Å². The standard InChI is InChI=1S/C17H22N6O2/c1-3-11-9-13-12(8-10(11)2)20-14-15(22(13)6-4-18)21-17(25)23(7-5-19)16(14)24/h8-9H,3-7,18-19H2,1-2H3. The molecule has 2 heterocycles. The maximum Gasteiger partial charge on any atom is 0.352 e. The average Bonchev–Trinajstić information content (AvgIpc) is 2.59. The van der Waals surface area contributed by atoms with Crippen molar-refractivity contribution in [1.82, 2.24) is 19.1 Å². The van der Waals surface area contributed by atoms with Gasteiger partial charge in [-0.2, -0.15) is 4.98 Å². The van der Waals surface area contributed by atoms with Gasteiger partial charge in [0.15, 0.2) is 11.5 Å². The number of aromatic nitrogens is 4. The summed E-state index contributed by atoms with van der Waals surface area (Å²) in [7, 11) is 0. The Morgan fingerprint density at radius 2 is 1.72 bits per heavy atom. The lowest BCUT2D eigenvalue weighted by Gasteiger charge is -2.18. The zero-order chi connectivity index (χ0) is 18.1. The SMILES string of the molecule is CCc1cc2c(cc1C)nc1c(=O)n(CCN)c(=O)nc-1n2CCN. The minimum Gasteiger partial charge on any atom is -0.329 e. The maximum atomic E-state index is 12.7. The van der Waals surface area contributed by atoms with Crippen molar-refractivity contribution >= 4 is 11.0 Å². The first-order valence-electron chi connectivity index (χ1n) is 8.36. The highest BCUT2D eigenvalue weighted by molar-refractivity contribution is 5.81. The van der Waals surface area contributed by atoms with Crippen molar-refractivity contribution in [3.63, 3.8) is 0 Å². The van der Waals surface area contributed by atoms with E-state index in [9.17, 15) is 9.59 Å². The van der Waals surface area contributed by atoms with E-state index in [1.165, 1.54) is 5.56 Å². The van der Waals surface area contributed by atoms with Crippen molar-refractivity contribution < 1.29 is 0 Å². The van der Waals surface area contributed by atoms with Gasteiger partial charge in [0.05, 0.1) is 11.0 Å². The second kappa shape index (κ2) is 6.73. The van der Waals surface area contributed by atoms with Crippen molar-refractivity contribution in [2.75, 3.05) is 13.1 Å². The molecule has 2 aliphatic heterocycles. The third-order valence-electron chi connectivity index (χ3n) is 4.39. The van der Waals surface area contributed by atoms with Gasteiger partial charge in [-0.05, 0) is 36.6 Å². The van der Waals surface area contributed by atoms with Crippen LogP contribution in [0.4, 0.5) is 0 Å². The molecule has 25 heavy (non-hydrogen) atoms. The van der Waals surface area contributed by atoms with Crippen LogP contribution in [0.25, 0.3) is 22.6 Å². The Morgan fingerprint density at radius 1 is 1.04 bits per heavy atom. The number of nitrogens with zero attached hydrogens (tertiary/aromatic N) is 4. The van der Waals surface area contributed by atoms with E-state index >= 15 is 0 Å². The van der Waals surface area contributed by atoms with E-state index in [1.54, 1.807) is 0 Å². The van der Waals surface area contributed by atoms with E-state index in [2.05, 4.69) is 16.9 Å². The first-order valence-corrected chi connectivity index (χ1v) is 8.36. The lowest BCUT2D eigenvalue weighted by molar-refractivity contribution is 0.622. The molecule has 0 unspecified atom stereocenters. The van der Waals surface area contributed by atoms with Gasteiger partial charge in [-0.25, -0.2) is 9.78 Å². The molecule has 0 radical (unpaired) electrons. The van der Waals surface area contributed by atoms with Gasteiger partial charge in [0.25, 0.3) is 5.56 Å². The summed E-state index contributed by atoms with van der Waals surface area (Å²) >= 11 is 0. The number of hydrogen-bond donors (Lipinski definition) is 2. The Labute approximate surface area is 144 Å². The lowest BCUT2D eigenvalue weighted by atomic mass is 10.0. The smallest absolute Gasteiger partial charge is 0.329 e. The number of benzene rings is 1. The summed E-state index contributed by atoms with van der Waals surface area (Å²) in [5, 5.41) is 0. The Morgan fingerprint density at radius 3 is 2.36 bits per heavy atom. The van der Waals surface area contributed by atoms with Crippen LogP contribution >= 0.6 is 0 Å². The Hall–Kier alpha value is -2.58. The third kappa shape index (κ3) is 2.83. The molecular weight excluding hydrogens is 320 g/mol.